The number of rotatable bonds is 2. The highest BCUT2D eigenvalue weighted by Gasteiger charge is 2.25. The van der Waals surface area contributed by atoms with Gasteiger partial charge in [-0.1, -0.05) is 24.3 Å². The fraction of sp³-hybridized carbons (Fsp3) is 0.571. The van der Waals surface area contributed by atoms with Crippen molar-refractivity contribution in [2.45, 2.75) is 37.9 Å². The van der Waals surface area contributed by atoms with Crippen LogP contribution in [0.2, 0.25) is 0 Å². The summed E-state index contributed by atoms with van der Waals surface area (Å²) >= 11 is 0. The summed E-state index contributed by atoms with van der Waals surface area (Å²) in [7, 11) is 0. The largest absolute Gasteiger partial charge is 0.373 e. The first-order valence-corrected chi connectivity index (χ1v) is 6.35. The van der Waals surface area contributed by atoms with Crippen molar-refractivity contribution in [1.82, 2.24) is 5.32 Å². The number of hydrogen-bond donors (Lipinski definition) is 1. The van der Waals surface area contributed by atoms with Crippen LogP contribution >= 0.6 is 0 Å². The molecule has 1 heterocycles. The van der Waals surface area contributed by atoms with E-state index in [4.69, 9.17) is 4.74 Å². The molecule has 0 spiro atoms. The molecule has 1 aromatic rings. The number of benzene rings is 1. The van der Waals surface area contributed by atoms with Gasteiger partial charge >= 0.3 is 0 Å². The van der Waals surface area contributed by atoms with Gasteiger partial charge in [-0.3, -0.25) is 0 Å². The lowest BCUT2D eigenvalue weighted by Crippen LogP contribution is -2.37. The summed E-state index contributed by atoms with van der Waals surface area (Å²) in [5.41, 5.74) is 2.97. The van der Waals surface area contributed by atoms with Crippen LogP contribution in [0.1, 0.15) is 24.0 Å². The molecule has 2 aliphatic rings. The molecule has 0 radical (unpaired) electrons. The van der Waals surface area contributed by atoms with Gasteiger partial charge in [-0.15, -0.1) is 0 Å². The van der Waals surface area contributed by atoms with E-state index in [0.29, 0.717) is 12.2 Å². The van der Waals surface area contributed by atoms with Crippen LogP contribution in [0.25, 0.3) is 0 Å². The highest BCUT2D eigenvalue weighted by Crippen LogP contribution is 2.25. The zero-order valence-electron chi connectivity index (χ0n) is 9.61. The lowest BCUT2D eigenvalue weighted by molar-refractivity contribution is -0.0172. The summed E-state index contributed by atoms with van der Waals surface area (Å²) in [4.78, 5) is 0. The fourth-order valence-electron chi connectivity index (χ4n) is 2.82. The molecule has 1 saturated heterocycles. The predicted molar refractivity (Wildman–Crippen MR) is 64.6 cm³/mol. The third-order valence-corrected chi connectivity index (χ3v) is 3.65. The van der Waals surface area contributed by atoms with E-state index in [0.717, 1.165) is 25.9 Å². The molecule has 1 aliphatic carbocycles. The molecule has 1 fully saturated rings. The Bertz CT molecular complexity index is 333. The number of ether oxygens (including phenoxy) is 1. The minimum atomic E-state index is 0.419. The quantitative estimate of drug-likeness (QED) is 0.817. The smallest absolute Gasteiger partial charge is 0.0704 e. The minimum absolute atomic E-state index is 0.419. The molecule has 1 unspecified atom stereocenters. The third-order valence-electron chi connectivity index (χ3n) is 3.65. The van der Waals surface area contributed by atoms with Gasteiger partial charge in [0.05, 0.1) is 12.2 Å². The normalized spacial score (nSPS) is 25.6. The molecule has 0 saturated carbocycles. The Balaban J connectivity index is 1.59. The summed E-state index contributed by atoms with van der Waals surface area (Å²) in [6.07, 6.45) is 5.54. The number of piperidine rings is 1. The van der Waals surface area contributed by atoms with E-state index in [1.54, 1.807) is 0 Å². The van der Waals surface area contributed by atoms with Crippen LogP contribution in [-0.4, -0.2) is 25.3 Å². The molecule has 1 N–H and O–H groups in total. The van der Waals surface area contributed by atoms with Gasteiger partial charge < -0.3 is 10.1 Å². The SMILES string of the molecule is c1ccc2c(c1)CC(OC1CCCNC1)C2. The maximum absolute atomic E-state index is 6.17. The van der Waals surface area contributed by atoms with Crippen LogP contribution in [0.5, 0.6) is 0 Å². The van der Waals surface area contributed by atoms with Crippen molar-refractivity contribution < 1.29 is 4.74 Å². The van der Waals surface area contributed by atoms with E-state index in [1.807, 2.05) is 0 Å². The topological polar surface area (TPSA) is 21.3 Å². The average Bonchev–Trinajstić information content (AvgIpc) is 2.72. The number of fused-ring (bicyclic) bond motifs is 1. The predicted octanol–water partition coefficient (Wildman–Crippen LogP) is 1.92. The Hall–Kier alpha value is -0.860. The summed E-state index contributed by atoms with van der Waals surface area (Å²) in [6.45, 7) is 2.19. The van der Waals surface area contributed by atoms with E-state index in [9.17, 15) is 0 Å². The van der Waals surface area contributed by atoms with Crippen molar-refractivity contribution in [2.75, 3.05) is 13.1 Å². The summed E-state index contributed by atoms with van der Waals surface area (Å²) in [6, 6.07) is 8.72. The van der Waals surface area contributed by atoms with Gasteiger partial charge in [0.15, 0.2) is 0 Å². The number of hydrogen-bond acceptors (Lipinski definition) is 2. The Morgan fingerprint density at radius 2 is 1.81 bits per heavy atom. The molecule has 2 heteroatoms. The van der Waals surface area contributed by atoms with Gasteiger partial charge in [0.2, 0.25) is 0 Å². The van der Waals surface area contributed by atoms with Crippen molar-refractivity contribution in [3.8, 4) is 0 Å². The molecule has 3 rings (SSSR count). The van der Waals surface area contributed by atoms with Gasteiger partial charge in [-0.05, 0) is 43.4 Å². The molecule has 1 aliphatic heterocycles. The maximum Gasteiger partial charge on any atom is 0.0704 e. The highest BCUT2D eigenvalue weighted by atomic mass is 16.5. The molecule has 86 valence electrons. The van der Waals surface area contributed by atoms with Crippen LogP contribution in [-0.2, 0) is 17.6 Å². The van der Waals surface area contributed by atoms with Gasteiger partial charge in [0, 0.05) is 6.54 Å². The van der Waals surface area contributed by atoms with Gasteiger partial charge in [0.25, 0.3) is 0 Å². The molecule has 1 atom stereocenters. The zero-order valence-corrected chi connectivity index (χ0v) is 9.61. The molecule has 0 aromatic heterocycles. The van der Waals surface area contributed by atoms with Crippen molar-refractivity contribution in [2.24, 2.45) is 0 Å². The van der Waals surface area contributed by atoms with Crippen LogP contribution in [0, 0.1) is 0 Å². The first-order valence-electron chi connectivity index (χ1n) is 6.35. The van der Waals surface area contributed by atoms with Crippen molar-refractivity contribution in [3.63, 3.8) is 0 Å². The Morgan fingerprint density at radius 3 is 2.44 bits per heavy atom. The summed E-state index contributed by atoms with van der Waals surface area (Å²) in [5.74, 6) is 0. The van der Waals surface area contributed by atoms with Gasteiger partial charge in [-0.25, -0.2) is 0 Å². The molecule has 2 nitrogen and oxygen atoms in total. The first kappa shape index (κ1) is 10.3. The summed E-state index contributed by atoms with van der Waals surface area (Å²) in [5, 5.41) is 3.40. The molecule has 1 aromatic carbocycles. The summed E-state index contributed by atoms with van der Waals surface area (Å²) < 4.78 is 6.17. The van der Waals surface area contributed by atoms with E-state index >= 15 is 0 Å². The molecular weight excluding hydrogens is 198 g/mol. The van der Waals surface area contributed by atoms with Crippen molar-refractivity contribution in [3.05, 3.63) is 35.4 Å². The second-order valence-electron chi connectivity index (χ2n) is 4.90. The van der Waals surface area contributed by atoms with Crippen LogP contribution < -0.4 is 5.32 Å². The van der Waals surface area contributed by atoms with E-state index in [-0.39, 0.29) is 0 Å². The zero-order chi connectivity index (χ0) is 10.8. The molecule has 16 heavy (non-hydrogen) atoms. The monoisotopic (exact) mass is 217 g/mol. The average molecular weight is 217 g/mol. The van der Waals surface area contributed by atoms with E-state index < -0.39 is 0 Å². The van der Waals surface area contributed by atoms with E-state index in [1.165, 1.54) is 24.0 Å². The fourth-order valence-corrected chi connectivity index (χ4v) is 2.82. The van der Waals surface area contributed by atoms with Crippen molar-refractivity contribution >= 4 is 0 Å². The Morgan fingerprint density at radius 1 is 1.06 bits per heavy atom. The van der Waals surface area contributed by atoms with Crippen LogP contribution in [0.3, 0.4) is 0 Å². The molecule has 0 amide bonds. The highest BCUT2D eigenvalue weighted by molar-refractivity contribution is 5.32. The lowest BCUT2D eigenvalue weighted by Gasteiger charge is -2.26. The molecular formula is C14H19NO. The minimum Gasteiger partial charge on any atom is -0.373 e. The Labute approximate surface area is 97.0 Å². The second-order valence-corrected chi connectivity index (χ2v) is 4.90. The standard InChI is InChI=1S/C14H19NO/c1-2-5-12-9-14(8-11(12)4-1)16-13-6-3-7-15-10-13/h1-2,4-5,13-15H,3,6-10H2. The van der Waals surface area contributed by atoms with Crippen LogP contribution in [0.15, 0.2) is 24.3 Å². The second kappa shape index (κ2) is 4.56. The van der Waals surface area contributed by atoms with Crippen molar-refractivity contribution in [1.29, 1.82) is 0 Å². The third kappa shape index (κ3) is 2.13. The molecule has 0 bridgehead atoms. The maximum atomic E-state index is 6.17. The number of nitrogens with one attached hydrogen (secondary N) is 1. The Kier molecular flexibility index (Phi) is 2.94. The van der Waals surface area contributed by atoms with Gasteiger partial charge in [0.1, 0.15) is 0 Å². The van der Waals surface area contributed by atoms with Crippen LogP contribution in [0.4, 0.5) is 0 Å². The first-order chi connectivity index (χ1) is 7.92. The lowest BCUT2D eigenvalue weighted by atomic mass is 10.1. The van der Waals surface area contributed by atoms with E-state index in [2.05, 4.69) is 29.6 Å². The van der Waals surface area contributed by atoms with Gasteiger partial charge in [-0.2, -0.15) is 0 Å².